The van der Waals surface area contributed by atoms with Gasteiger partial charge in [0.15, 0.2) is 0 Å². The Kier molecular flexibility index (Phi) is 5.32. The van der Waals surface area contributed by atoms with E-state index < -0.39 is 0 Å². The number of nitro benzene ring substituents is 1. The monoisotopic (exact) mass is 447 g/mol. The third-order valence-corrected chi connectivity index (χ3v) is 6.64. The standard InChI is InChI=1S/C23H21N5O3S/c1-31-19-8-6-17(7-9-19)26-10-12-27(13-11-26)22-21-20(14-32-23(21)25-15-24-22)16-2-4-18(5-3-16)28(29)30/h2-9,14-15H,10-13H2,1H3. The first-order chi connectivity index (χ1) is 15.6. The predicted octanol–water partition coefficient (Wildman–Crippen LogP) is 4.60. The van der Waals surface area contributed by atoms with Crippen LogP contribution in [0.15, 0.2) is 60.2 Å². The van der Waals surface area contributed by atoms with Gasteiger partial charge in [0.1, 0.15) is 22.7 Å². The number of non-ortho nitro benzene ring substituents is 1. The Bertz CT molecular complexity index is 1250. The highest BCUT2D eigenvalue weighted by molar-refractivity contribution is 7.17. The summed E-state index contributed by atoms with van der Waals surface area (Å²) >= 11 is 1.56. The van der Waals surface area contributed by atoms with Gasteiger partial charge in [0, 0.05) is 54.9 Å². The maximum absolute atomic E-state index is 11.0. The highest BCUT2D eigenvalue weighted by Gasteiger charge is 2.23. The second kappa shape index (κ2) is 8.43. The molecule has 8 nitrogen and oxygen atoms in total. The fourth-order valence-electron chi connectivity index (χ4n) is 4.04. The van der Waals surface area contributed by atoms with Crippen LogP contribution >= 0.6 is 11.3 Å². The third kappa shape index (κ3) is 3.71. The molecule has 1 saturated heterocycles. The van der Waals surface area contributed by atoms with E-state index in [-0.39, 0.29) is 10.6 Å². The lowest BCUT2D eigenvalue weighted by molar-refractivity contribution is -0.384. The van der Waals surface area contributed by atoms with Crippen LogP contribution in [-0.4, -0.2) is 48.2 Å². The predicted molar refractivity (Wildman–Crippen MR) is 127 cm³/mol. The van der Waals surface area contributed by atoms with Crippen molar-refractivity contribution in [3.8, 4) is 16.9 Å². The van der Waals surface area contributed by atoms with Gasteiger partial charge in [-0.2, -0.15) is 0 Å². The van der Waals surface area contributed by atoms with Crippen LogP contribution < -0.4 is 14.5 Å². The molecule has 3 heterocycles. The van der Waals surface area contributed by atoms with Gasteiger partial charge in [-0.1, -0.05) is 0 Å². The van der Waals surface area contributed by atoms with Gasteiger partial charge in [-0.3, -0.25) is 10.1 Å². The Balaban J connectivity index is 1.41. The van der Waals surface area contributed by atoms with Gasteiger partial charge in [0.25, 0.3) is 5.69 Å². The van der Waals surface area contributed by atoms with Crippen LogP contribution in [0.5, 0.6) is 5.75 Å². The number of piperazine rings is 1. The van der Waals surface area contributed by atoms with Crippen LogP contribution in [0.2, 0.25) is 0 Å². The number of hydrogen-bond donors (Lipinski definition) is 0. The van der Waals surface area contributed by atoms with E-state index in [1.165, 1.54) is 17.8 Å². The van der Waals surface area contributed by atoms with Gasteiger partial charge in [-0.15, -0.1) is 11.3 Å². The summed E-state index contributed by atoms with van der Waals surface area (Å²) in [6.07, 6.45) is 1.61. The molecule has 0 aliphatic carbocycles. The number of nitrogens with zero attached hydrogens (tertiary/aromatic N) is 5. The summed E-state index contributed by atoms with van der Waals surface area (Å²) in [5, 5.41) is 14.1. The topological polar surface area (TPSA) is 84.6 Å². The summed E-state index contributed by atoms with van der Waals surface area (Å²) < 4.78 is 5.26. The summed E-state index contributed by atoms with van der Waals surface area (Å²) in [5.74, 6) is 1.77. The van der Waals surface area contributed by atoms with E-state index >= 15 is 0 Å². The molecule has 0 bridgehead atoms. The number of nitro groups is 1. The minimum absolute atomic E-state index is 0.0828. The molecule has 9 heteroatoms. The molecule has 0 spiro atoms. The fraction of sp³-hybridized carbons (Fsp3) is 0.217. The first-order valence-electron chi connectivity index (χ1n) is 10.2. The van der Waals surface area contributed by atoms with E-state index in [0.717, 1.165) is 59.1 Å². The number of hydrogen-bond acceptors (Lipinski definition) is 8. The zero-order valence-corrected chi connectivity index (χ0v) is 18.3. The number of thiophene rings is 1. The van der Waals surface area contributed by atoms with Crippen LogP contribution in [0, 0.1) is 10.1 Å². The van der Waals surface area contributed by atoms with Crippen molar-refractivity contribution in [1.82, 2.24) is 9.97 Å². The van der Waals surface area contributed by atoms with Gasteiger partial charge in [-0.05, 0) is 42.0 Å². The van der Waals surface area contributed by atoms with Crippen LogP contribution in [0.1, 0.15) is 0 Å². The lowest BCUT2D eigenvalue weighted by atomic mass is 10.1. The Hall–Kier alpha value is -3.72. The number of ether oxygens (including phenoxy) is 1. The van der Waals surface area contributed by atoms with E-state index in [1.54, 1.807) is 36.9 Å². The number of aromatic nitrogens is 2. The molecule has 32 heavy (non-hydrogen) atoms. The molecule has 1 aliphatic rings. The second-order valence-electron chi connectivity index (χ2n) is 7.50. The molecule has 1 fully saturated rings. The zero-order chi connectivity index (χ0) is 22.1. The summed E-state index contributed by atoms with van der Waals surface area (Å²) in [6, 6.07) is 14.8. The average molecular weight is 448 g/mol. The molecule has 0 amide bonds. The fourth-order valence-corrected chi connectivity index (χ4v) is 4.95. The zero-order valence-electron chi connectivity index (χ0n) is 17.5. The molecule has 5 rings (SSSR count). The van der Waals surface area contributed by atoms with Gasteiger partial charge < -0.3 is 14.5 Å². The molecule has 4 aromatic rings. The van der Waals surface area contributed by atoms with Crippen molar-refractivity contribution in [2.24, 2.45) is 0 Å². The molecule has 2 aromatic carbocycles. The van der Waals surface area contributed by atoms with Crippen molar-refractivity contribution >= 4 is 38.7 Å². The van der Waals surface area contributed by atoms with Gasteiger partial charge >= 0.3 is 0 Å². The first kappa shape index (κ1) is 20.2. The third-order valence-electron chi connectivity index (χ3n) is 5.76. The molecule has 0 unspecified atom stereocenters. The van der Waals surface area contributed by atoms with Crippen LogP contribution in [0.4, 0.5) is 17.2 Å². The molecule has 0 saturated carbocycles. The molecule has 1 aliphatic heterocycles. The Morgan fingerprint density at radius 3 is 2.31 bits per heavy atom. The van der Waals surface area contributed by atoms with Crippen molar-refractivity contribution in [2.75, 3.05) is 43.1 Å². The quantitative estimate of drug-likeness (QED) is 0.326. The van der Waals surface area contributed by atoms with E-state index in [9.17, 15) is 10.1 Å². The normalized spacial score (nSPS) is 14.0. The number of methoxy groups -OCH3 is 1. The van der Waals surface area contributed by atoms with E-state index in [0.29, 0.717) is 0 Å². The Morgan fingerprint density at radius 2 is 1.66 bits per heavy atom. The summed E-state index contributed by atoms with van der Waals surface area (Å²) in [4.78, 5) is 25.3. The van der Waals surface area contributed by atoms with Crippen molar-refractivity contribution in [3.63, 3.8) is 0 Å². The van der Waals surface area contributed by atoms with Crippen molar-refractivity contribution < 1.29 is 9.66 Å². The number of fused-ring (bicyclic) bond motifs is 1. The molecule has 162 valence electrons. The van der Waals surface area contributed by atoms with Gasteiger partial charge in [-0.25, -0.2) is 9.97 Å². The largest absolute Gasteiger partial charge is 0.497 e. The number of anilines is 2. The second-order valence-corrected chi connectivity index (χ2v) is 8.36. The summed E-state index contributed by atoms with van der Waals surface area (Å²) in [5.41, 5.74) is 3.20. The van der Waals surface area contributed by atoms with Crippen LogP contribution in [0.25, 0.3) is 21.3 Å². The number of rotatable bonds is 5. The highest BCUT2D eigenvalue weighted by atomic mass is 32.1. The summed E-state index contributed by atoms with van der Waals surface area (Å²) in [6.45, 7) is 3.45. The van der Waals surface area contributed by atoms with Gasteiger partial charge in [0.2, 0.25) is 0 Å². The highest BCUT2D eigenvalue weighted by Crippen LogP contribution is 2.38. The molecule has 2 aromatic heterocycles. The molecule has 0 atom stereocenters. The molecular weight excluding hydrogens is 426 g/mol. The van der Waals surface area contributed by atoms with Crippen molar-refractivity contribution in [1.29, 1.82) is 0 Å². The number of benzene rings is 2. The maximum Gasteiger partial charge on any atom is 0.269 e. The molecule has 0 radical (unpaired) electrons. The smallest absolute Gasteiger partial charge is 0.269 e. The molecular formula is C23H21N5O3S. The van der Waals surface area contributed by atoms with Crippen LogP contribution in [-0.2, 0) is 0 Å². The average Bonchev–Trinajstić information content (AvgIpc) is 3.29. The van der Waals surface area contributed by atoms with E-state index in [1.807, 2.05) is 12.1 Å². The summed E-state index contributed by atoms with van der Waals surface area (Å²) in [7, 11) is 1.67. The SMILES string of the molecule is COc1ccc(N2CCN(c3ncnc4scc(-c5ccc([N+](=O)[O-])cc5)c34)CC2)cc1. The molecule has 0 N–H and O–H groups in total. The Labute approximate surface area is 188 Å². The lowest BCUT2D eigenvalue weighted by Gasteiger charge is -2.37. The Morgan fingerprint density at radius 1 is 0.969 bits per heavy atom. The van der Waals surface area contributed by atoms with E-state index in [2.05, 4.69) is 37.3 Å². The minimum Gasteiger partial charge on any atom is -0.497 e. The van der Waals surface area contributed by atoms with Crippen LogP contribution in [0.3, 0.4) is 0 Å². The lowest BCUT2D eigenvalue weighted by Crippen LogP contribution is -2.46. The van der Waals surface area contributed by atoms with Crippen molar-refractivity contribution in [3.05, 3.63) is 70.4 Å². The minimum atomic E-state index is -0.383. The first-order valence-corrected chi connectivity index (χ1v) is 11.1. The van der Waals surface area contributed by atoms with Gasteiger partial charge in [0.05, 0.1) is 17.4 Å². The van der Waals surface area contributed by atoms with Crippen molar-refractivity contribution in [2.45, 2.75) is 0 Å². The van der Waals surface area contributed by atoms with E-state index in [4.69, 9.17) is 4.74 Å². The maximum atomic E-state index is 11.0.